The Labute approximate surface area is 259 Å². The van der Waals surface area contributed by atoms with E-state index in [0.717, 1.165) is 52.5 Å². The number of ether oxygens (including phenoxy) is 6. The van der Waals surface area contributed by atoms with Crippen LogP contribution < -0.4 is 0 Å². The van der Waals surface area contributed by atoms with Crippen molar-refractivity contribution in [3.05, 3.63) is 12.8 Å². The third-order valence-corrected chi connectivity index (χ3v) is 5.51. The Bertz CT molecular complexity index is 394. The van der Waals surface area contributed by atoms with Gasteiger partial charge >= 0.3 is 0 Å². The largest absolute Gasteiger partial charge is 0.378 e. The zero-order chi connectivity index (χ0) is 26.7. The van der Waals surface area contributed by atoms with E-state index < -0.39 is 0 Å². The molecule has 0 spiro atoms. The zero-order valence-corrected chi connectivity index (χ0v) is 28.1. The summed E-state index contributed by atoms with van der Waals surface area (Å²) >= 11 is 0. The van der Waals surface area contributed by atoms with Gasteiger partial charge in [0.1, 0.15) is 0 Å². The van der Waals surface area contributed by atoms with Crippen LogP contribution in [0.1, 0.15) is 54.4 Å². The summed E-state index contributed by atoms with van der Waals surface area (Å²) in [7, 11) is 0. The summed E-state index contributed by atoms with van der Waals surface area (Å²) in [4.78, 5) is 4.80. The van der Waals surface area contributed by atoms with Crippen LogP contribution >= 0.6 is 0 Å². The molecule has 2 rings (SSSR count). The van der Waals surface area contributed by atoms with Gasteiger partial charge in [0.15, 0.2) is 0 Å². The fourth-order valence-corrected chi connectivity index (χ4v) is 3.60. The Morgan fingerprint density at radius 3 is 1.26 bits per heavy atom. The van der Waals surface area contributed by atoms with E-state index in [-0.39, 0.29) is 49.3 Å². The first-order valence-electron chi connectivity index (χ1n) is 14.4. The van der Waals surface area contributed by atoms with Crippen LogP contribution in [0.5, 0.6) is 0 Å². The van der Waals surface area contributed by atoms with Crippen molar-refractivity contribution in [2.24, 2.45) is 0 Å². The quantitative estimate of drug-likeness (QED) is 0.142. The standard InChI is InChI=1S/C24H46N2O6.2C2H6.2V/c1-23(31-19-17-27-13-11-25-7-3-4-8-25)21-29-15-16-30-22-24(2)32-20-18-28-14-12-26-9-5-6-10-26;2*1-2;;/h3,5,23-24H,4,6-22H2,1-2H3;2*1-2H3;;/q-2;;;;. The third kappa shape index (κ3) is 27.0. The van der Waals surface area contributed by atoms with Crippen molar-refractivity contribution in [1.29, 1.82) is 0 Å². The number of nitrogens with zero attached hydrogens (tertiary/aromatic N) is 2. The first-order valence-corrected chi connectivity index (χ1v) is 14.4. The Morgan fingerprint density at radius 1 is 0.553 bits per heavy atom. The van der Waals surface area contributed by atoms with E-state index in [1.165, 1.54) is 12.8 Å². The van der Waals surface area contributed by atoms with Crippen molar-refractivity contribution in [3.63, 3.8) is 0 Å². The molecule has 0 amide bonds. The fourth-order valence-electron chi connectivity index (χ4n) is 3.60. The van der Waals surface area contributed by atoms with Gasteiger partial charge in [0.25, 0.3) is 0 Å². The normalized spacial score (nSPS) is 16.9. The molecule has 8 nitrogen and oxygen atoms in total. The average molecular weight is 621 g/mol. The van der Waals surface area contributed by atoms with Gasteiger partial charge in [-0.3, -0.25) is 0 Å². The molecule has 0 aromatic rings. The number of hydrogen-bond donors (Lipinski definition) is 0. The Morgan fingerprint density at radius 2 is 0.921 bits per heavy atom. The summed E-state index contributed by atoms with van der Waals surface area (Å²) in [6.07, 6.45) is 7.14. The minimum atomic E-state index is 0. The maximum absolute atomic E-state index is 5.71. The van der Waals surface area contributed by atoms with Crippen LogP contribution in [-0.4, -0.2) is 127 Å². The molecule has 228 valence electrons. The van der Waals surface area contributed by atoms with Gasteiger partial charge in [-0.25, -0.2) is 0 Å². The van der Waals surface area contributed by atoms with Crippen LogP contribution in [0, 0.1) is 12.8 Å². The van der Waals surface area contributed by atoms with E-state index >= 15 is 0 Å². The molecule has 2 saturated heterocycles. The van der Waals surface area contributed by atoms with E-state index in [1.807, 2.05) is 41.5 Å². The second-order valence-corrected chi connectivity index (χ2v) is 8.49. The van der Waals surface area contributed by atoms with Crippen LogP contribution in [0.25, 0.3) is 0 Å². The van der Waals surface area contributed by atoms with Crippen LogP contribution in [0.2, 0.25) is 0 Å². The molecule has 0 saturated carbocycles. The third-order valence-electron chi connectivity index (χ3n) is 5.51. The van der Waals surface area contributed by atoms with Gasteiger partial charge < -0.3 is 51.1 Å². The Balaban J connectivity index is -0.00000194. The van der Waals surface area contributed by atoms with Gasteiger partial charge in [0.05, 0.1) is 78.3 Å². The summed E-state index contributed by atoms with van der Waals surface area (Å²) in [6.45, 7) is 24.8. The van der Waals surface area contributed by atoms with E-state index in [4.69, 9.17) is 28.4 Å². The molecule has 2 aliphatic heterocycles. The van der Waals surface area contributed by atoms with Crippen molar-refractivity contribution >= 4 is 0 Å². The summed E-state index contributed by atoms with van der Waals surface area (Å²) in [5.41, 5.74) is 0. The topological polar surface area (TPSA) is 61.9 Å². The number of hydrogen-bond acceptors (Lipinski definition) is 8. The Kier molecular flexibility index (Phi) is 38.8. The van der Waals surface area contributed by atoms with Gasteiger partial charge in [-0.2, -0.15) is 12.8 Å². The van der Waals surface area contributed by atoms with Gasteiger partial charge in [0.2, 0.25) is 0 Å². The average Bonchev–Trinajstić information content (AvgIpc) is 3.62. The van der Waals surface area contributed by atoms with Crippen LogP contribution in [0.15, 0.2) is 0 Å². The maximum Gasteiger partial charge on any atom is 0.0781 e. The minimum Gasteiger partial charge on any atom is -0.378 e. The fraction of sp³-hybridized carbons (Fsp3) is 0.929. The maximum atomic E-state index is 5.71. The molecule has 2 heterocycles. The molecule has 2 fully saturated rings. The molecule has 0 aromatic heterocycles. The molecule has 0 N–H and O–H groups in total. The Hall–Kier alpha value is 0.849. The van der Waals surface area contributed by atoms with E-state index in [2.05, 4.69) is 22.6 Å². The summed E-state index contributed by atoms with van der Waals surface area (Å²) in [6, 6.07) is 0. The van der Waals surface area contributed by atoms with Crippen molar-refractivity contribution in [3.8, 4) is 0 Å². The second-order valence-electron chi connectivity index (χ2n) is 8.49. The van der Waals surface area contributed by atoms with Crippen molar-refractivity contribution in [2.75, 3.05) is 105 Å². The summed E-state index contributed by atoms with van der Waals surface area (Å²) < 4.78 is 33.9. The molecule has 2 atom stereocenters. The van der Waals surface area contributed by atoms with Gasteiger partial charge in [0, 0.05) is 50.2 Å². The van der Waals surface area contributed by atoms with E-state index in [0.29, 0.717) is 52.9 Å². The van der Waals surface area contributed by atoms with Gasteiger partial charge in [-0.15, -0.1) is 13.1 Å². The van der Waals surface area contributed by atoms with Crippen molar-refractivity contribution in [2.45, 2.75) is 66.6 Å². The zero-order valence-electron chi connectivity index (χ0n) is 25.3. The summed E-state index contributed by atoms with van der Waals surface area (Å²) in [5, 5.41) is 0. The number of likely N-dealkylation sites (tertiary alicyclic amines) is 2. The molecule has 0 aliphatic carbocycles. The molecule has 0 bridgehead atoms. The first kappa shape index (κ1) is 43.3. The minimum absolute atomic E-state index is 0. The van der Waals surface area contributed by atoms with Crippen LogP contribution in [-0.2, 0) is 65.5 Å². The smallest absolute Gasteiger partial charge is 0.0781 e. The van der Waals surface area contributed by atoms with E-state index in [1.54, 1.807) is 0 Å². The van der Waals surface area contributed by atoms with Crippen molar-refractivity contribution in [1.82, 2.24) is 9.80 Å². The monoisotopic (exact) mass is 620 g/mol. The van der Waals surface area contributed by atoms with E-state index in [9.17, 15) is 0 Å². The molecule has 2 radical (unpaired) electrons. The van der Waals surface area contributed by atoms with Crippen LogP contribution in [0.4, 0.5) is 0 Å². The van der Waals surface area contributed by atoms with Crippen molar-refractivity contribution < 1.29 is 65.5 Å². The molecule has 2 unspecified atom stereocenters. The predicted molar refractivity (Wildman–Crippen MR) is 148 cm³/mol. The second kappa shape index (κ2) is 34.1. The van der Waals surface area contributed by atoms with Crippen LogP contribution in [0.3, 0.4) is 0 Å². The molecular formula is C28H58N2O6V2-2. The van der Waals surface area contributed by atoms with Gasteiger partial charge in [-0.1, -0.05) is 27.7 Å². The predicted octanol–water partition coefficient (Wildman–Crippen LogP) is 3.73. The molecule has 2 aliphatic rings. The summed E-state index contributed by atoms with van der Waals surface area (Å²) in [5.74, 6) is 0. The number of rotatable bonds is 21. The molecule has 0 aromatic carbocycles. The molecular weight excluding hydrogens is 562 g/mol. The first-order chi connectivity index (χ1) is 17.7. The van der Waals surface area contributed by atoms with Gasteiger partial charge in [-0.05, 0) is 26.9 Å². The SMILES string of the molecule is CC.CC.CC(COCCOCC(C)OCCOCCN1C[CH-]CC1)OCCOCCN1C[CH-]CC1.[V].[V]. The molecule has 38 heavy (non-hydrogen) atoms. The molecule has 10 heteroatoms.